The predicted octanol–water partition coefficient (Wildman–Crippen LogP) is 1.18. The number of hydrogen-bond donors (Lipinski definition) is 2. The van der Waals surface area contributed by atoms with Crippen molar-refractivity contribution in [1.82, 2.24) is 5.32 Å². The van der Waals surface area contributed by atoms with Gasteiger partial charge in [0.15, 0.2) is 0 Å². The van der Waals surface area contributed by atoms with Crippen molar-refractivity contribution in [2.24, 2.45) is 0 Å². The molecule has 0 saturated heterocycles. The van der Waals surface area contributed by atoms with Crippen molar-refractivity contribution in [3.63, 3.8) is 0 Å². The van der Waals surface area contributed by atoms with E-state index in [1.165, 1.54) is 0 Å². The van der Waals surface area contributed by atoms with Crippen molar-refractivity contribution in [3.05, 3.63) is 22.4 Å². The summed E-state index contributed by atoms with van der Waals surface area (Å²) >= 11 is 1.57. The molecule has 0 aromatic carbocycles. The van der Waals surface area contributed by atoms with E-state index in [4.69, 9.17) is 5.11 Å². The van der Waals surface area contributed by atoms with Crippen LogP contribution in [-0.4, -0.2) is 23.7 Å². The highest BCUT2D eigenvalue weighted by Crippen LogP contribution is 2.08. The van der Waals surface area contributed by atoms with Gasteiger partial charge in [-0.2, -0.15) is 0 Å². The van der Waals surface area contributed by atoms with Crippen LogP contribution < -0.4 is 5.32 Å². The molecule has 0 unspecified atom stereocenters. The van der Waals surface area contributed by atoms with Crippen LogP contribution in [0.5, 0.6) is 0 Å². The fraction of sp³-hybridized carbons (Fsp3) is 0.500. The molecule has 1 heterocycles. The van der Waals surface area contributed by atoms with Crippen LogP contribution in [0.25, 0.3) is 0 Å². The van der Waals surface area contributed by atoms with Crippen LogP contribution in [0, 0.1) is 0 Å². The Morgan fingerprint density at radius 2 is 2.50 bits per heavy atom. The Balaban J connectivity index is 2.35. The van der Waals surface area contributed by atoms with E-state index in [-0.39, 0.29) is 18.6 Å². The van der Waals surface area contributed by atoms with Crippen LogP contribution in [-0.2, 0) is 11.2 Å². The molecule has 14 heavy (non-hydrogen) atoms. The van der Waals surface area contributed by atoms with Gasteiger partial charge in [-0.25, -0.2) is 0 Å². The van der Waals surface area contributed by atoms with Gasteiger partial charge in [0.05, 0.1) is 19.1 Å². The molecule has 0 aliphatic heterocycles. The van der Waals surface area contributed by atoms with E-state index in [0.717, 1.165) is 11.3 Å². The first-order chi connectivity index (χ1) is 6.76. The second-order valence-corrected chi connectivity index (χ2v) is 4.14. The van der Waals surface area contributed by atoms with Crippen molar-refractivity contribution >= 4 is 17.2 Å². The standard InChI is InChI=1S/C10H15NO2S/c1-2-8(7-12)11-10(13)6-9-4-3-5-14-9/h3-5,8,12H,2,6-7H2,1H3,(H,11,13)/t8-/m1/s1. The van der Waals surface area contributed by atoms with Crippen LogP contribution in [0.15, 0.2) is 17.5 Å². The molecular weight excluding hydrogens is 198 g/mol. The molecule has 4 heteroatoms. The molecule has 0 aliphatic rings. The maximum atomic E-state index is 11.4. The first-order valence-electron chi connectivity index (χ1n) is 4.68. The zero-order valence-electron chi connectivity index (χ0n) is 8.19. The third-order valence-electron chi connectivity index (χ3n) is 1.99. The van der Waals surface area contributed by atoms with Crippen molar-refractivity contribution in [2.75, 3.05) is 6.61 Å². The molecule has 0 aliphatic carbocycles. The van der Waals surface area contributed by atoms with Gasteiger partial charge in [-0.15, -0.1) is 11.3 Å². The minimum absolute atomic E-state index is 0.00663. The highest BCUT2D eigenvalue weighted by atomic mass is 32.1. The van der Waals surface area contributed by atoms with Crippen molar-refractivity contribution in [2.45, 2.75) is 25.8 Å². The Bertz CT molecular complexity index is 268. The molecule has 1 rings (SSSR count). The lowest BCUT2D eigenvalue weighted by atomic mass is 10.2. The Kier molecular flexibility index (Phi) is 4.62. The van der Waals surface area contributed by atoms with E-state index in [2.05, 4.69) is 5.32 Å². The molecule has 2 N–H and O–H groups in total. The third kappa shape index (κ3) is 3.47. The SMILES string of the molecule is CC[C@H](CO)NC(=O)Cc1cccs1. The molecule has 0 saturated carbocycles. The molecular formula is C10H15NO2S. The predicted molar refractivity (Wildman–Crippen MR) is 57.3 cm³/mol. The van der Waals surface area contributed by atoms with Crippen molar-refractivity contribution in [1.29, 1.82) is 0 Å². The summed E-state index contributed by atoms with van der Waals surface area (Å²) in [6.07, 6.45) is 1.17. The van der Waals surface area contributed by atoms with E-state index in [0.29, 0.717) is 6.42 Å². The van der Waals surface area contributed by atoms with Gasteiger partial charge in [0.2, 0.25) is 5.91 Å². The zero-order chi connectivity index (χ0) is 10.4. The summed E-state index contributed by atoms with van der Waals surface area (Å²) in [6.45, 7) is 1.94. The Morgan fingerprint density at radius 1 is 1.71 bits per heavy atom. The first kappa shape index (κ1) is 11.2. The van der Waals surface area contributed by atoms with Crippen LogP contribution in [0.3, 0.4) is 0 Å². The smallest absolute Gasteiger partial charge is 0.225 e. The van der Waals surface area contributed by atoms with E-state index in [1.807, 2.05) is 24.4 Å². The van der Waals surface area contributed by atoms with E-state index in [1.54, 1.807) is 11.3 Å². The maximum Gasteiger partial charge on any atom is 0.225 e. The van der Waals surface area contributed by atoms with Crippen LogP contribution in [0.4, 0.5) is 0 Å². The molecule has 0 spiro atoms. The monoisotopic (exact) mass is 213 g/mol. The van der Waals surface area contributed by atoms with Crippen LogP contribution >= 0.6 is 11.3 Å². The first-order valence-corrected chi connectivity index (χ1v) is 5.56. The number of hydrogen-bond acceptors (Lipinski definition) is 3. The second kappa shape index (κ2) is 5.78. The number of rotatable bonds is 5. The minimum Gasteiger partial charge on any atom is -0.394 e. The second-order valence-electron chi connectivity index (χ2n) is 3.11. The van der Waals surface area contributed by atoms with Gasteiger partial charge in [-0.05, 0) is 17.9 Å². The highest BCUT2D eigenvalue weighted by molar-refractivity contribution is 7.10. The number of aliphatic hydroxyl groups excluding tert-OH is 1. The summed E-state index contributed by atoms with van der Waals surface area (Å²) in [5, 5.41) is 13.6. The summed E-state index contributed by atoms with van der Waals surface area (Å²) in [6, 6.07) is 3.75. The minimum atomic E-state index is -0.109. The molecule has 0 bridgehead atoms. The Hall–Kier alpha value is -0.870. The molecule has 1 aromatic rings. The lowest BCUT2D eigenvalue weighted by Gasteiger charge is -2.13. The van der Waals surface area contributed by atoms with Crippen molar-refractivity contribution < 1.29 is 9.90 Å². The summed E-state index contributed by atoms with van der Waals surface area (Å²) in [5.41, 5.74) is 0. The van der Waals surface area contributed by atoms with E-state index in [9.17, 15) is 4.79 Å². The summed E-state index contributed by atoms with van der Waals surface area (Å²) in [7, 11) is 0. The molecule has 0 fully saturated rings. The zero-order valence-corrected chi connectivity index (χ0v) is 9.01. The van der Waals surface area contributed by atoms with Gasteiger partial charge in [0.25, 0.3) is 0 Å². The fourth-order valence-corrected chi connectivity index (χ4v) is 1.83. The molecule has 0 radical (unpaired) electrons. The Labute approximate surface area is 87.8 Å². The number of aliphatic hydroxyl groups is 1. The van der Waals surface area contributed by atoms with Gasteiger partial charge in [-0.3, -0.25) is 4.79 Å². The van der Waals surface area contributed by atoms with Gasteiger partial charge >= 0.3 is 0 Å². The average Bonchev–Trinajstić information content (AvgIpc) is 2.66. The van der Waals surface area contributed by atoms with Crippen molar-refractivity contribution in [3.8, 4) is 0 Å². The quantitative estimate of drug-likeness (QED) is 0.771. The van der Waals surface area contributed by atoms with Crippen LogP contribution in [0.2, 0.25) is 0 Å². The molecule has 1 aromatic heterocycles. The van der Waals surface area contributed by atoms with E-state index < -0.39 is 0 Å². The normalized spacial score (nSPS) is 12.4. The summed E-state index contributed by atoms with van der Waals surface area (Å²) in [5.74, 6) is -0.0200. The van der Waals surface area contributed by atoms with Gasteiger partial charge in [0, 0.05) is 4.88 Å². The lowest BCUT2D eigenvalue weighted by Crippen LogP contribution is -2.37. The topological polar surface area (TPSA) is 49.3 Å². The van der Waals surface area contributed by atoms with E-state index >= 15 is 0 Å². The van der Waals surface area contributed by atoms with Crippen LogP contribution in [0.1, 0.15) is 18.2 Å². The Morgan fingerprint density at radius 3 is 3.00 bits per heavy atom. The van der Waals surface area contributed by atoms with Gasteiger partial charge in [-0.1, -0.05) is 13.0 Å². The molecule has 3 nitrogen and oxygen atoms in total. The number of amides is 1. The lowest BCUT2D eigenvalue weighted by molar-refractivity contribution is -0.121. The number of carbonyl (C=O) groups is 1. The highest BCUT2D eigenvalue weighted by Gasteiger charge is 2.09. The molecule has 78 valence electrons. The summed E-state index contributed by atoms with van der Waals surface area (Å²) in [4.78, 5) is 12.5. The van der Waals surface area contributed by atoms with Gasteiger partial charge < -0.3 is 10.4 Å². The number of nitrogens with one attached hydrogen (secondary N) is 1. The molecule has 1 amide bonds. The molecule has 1 atom stereocenters. The number of thiophene rings is 1. The fourth-order valence-electron chi connectivity index (χ4n) is 1.13. The summed E-state index contributed by atoms with van der Waals surface area (Å²) < 4.78 is 0. The third-order valence-corrected chi connectivity index (χ3v) is 2.87. The van der Waals surface area contributed by atoms with Gasteiger partial charge in [0.1, 0.15) is 0 Å². The largest absolute Gasteiger partial charge is 0.394 e. The maximum absolute atomic E-state index is 11.4. The number of carbonyl (C=O) groups excluding carboxylic acids is 1. The average molecular weight is 213 g/mol.